The van der Waals surface area contributed by atoms with Crippen LogP contribution in [0, 0.1) is 23.7 Å². The van der Waals surface area contributed by atoms with E-state index in [1.54, 1.807) is 46.1 Å². The van der Waals surface area contributed by atoms with Gasteiger partial charge >= 0.3 is 6.03 Å². The SMILES string of the molecule is CCC[C@@H]1C[C@@H](C(=O)N[C@H](C(C)C)[C@H]2O[C@H](SC)[C@H](O)[C@@H](O)[C@H]2O)[N+](C)(Cc2ccc(NC(=O)[C@H](CCCNC(N)=O)NC(=O)[C@@H](NC(=O)CCC(=O)C(C)C)C(C)C)cc2)C1. The molecule has 350 valence electrons. The van der Waals surface area contributed by atoms with Gasteiger partial charge in [-0.2, -0.15) is 0 Å². The Morgan fingerprint density at radius 1 is 0.887 bits per heavy atom. The number of quaternary nitrogens is 1. The number of likely N-dealkylation sites (tertiary alicyclic amines) is 1. The number of nitrogens with zero attached hydrogens (tertiary/aromatic N) is 1. The summed E-state index contributed by atoms with van der Waals surface area (Å²) in [5, 5.41) is 46.1. The van der Waals surface area contributed by atoms with E-state index in [4.69, 9.17) is 10.5 Å². The highest BCUT2D eigenvalue weighted by Crippen LogP contribution is 2.36. The number of rotatable bonds is 23. The first-order chi connectivity index (χ1) is 29.1. The van der Waals surface area contributed by atoms with Gasteiger partial charge in [0.25, 0.3) is 5.91 Å². The lowest BCUT2D eigenvalue weighted by atomic mass is 9.88. The number of ketones is 1. The molecule has 11 atom stereocenters. The number of hydrogen-bond donors (Lipinski definition) is 9. The summed E-state index contributed by atoms with van der Waals surface area (Å²) in [4.78, 5) is 77.7. The van der Waals surface area contributed by atoms with Crippen molar-refractivity contribution >= 4 is 52.9 Å². The monoisotopic (exact) mass is 893 g/mol. The second kappa shape index (κ2) is 24.3. The van der Waals surface area contributed by atoms with Crippen LogP contribution in [0.1, 0.15) is 99.0 Å². The zero-order chi connectivity index (χ0) is 46.5. The van der Waals surface area contributed by atoms with Crippen molar-refractivity contribution < 1.29 is 53.3 Å². The third-order valence-corrected chi connectivity index (χ3v) is 12.9. The Morgan fingerprint density at radius 2 is 1.55 bits per heavy atom. The topological polar surface area (TPSA) is 259 Å². The van der Waals surface area contributed by atoms with E-state index in [9.17, 15) is 44.1 Å². The molecule has 0 aromatic heterocycles. The van der Waals surface area contributed by atoms with Gasteiger partial charge in [-0.15, -0.1) is 11.8 Å². The summed E-state index contributed by atoms with van der Waals surface area (Å²) in [7, 11) is 2.06. The number of aliphatic hydroxyl groups excluding tert-OH is 3. The standard InChI is InChI=1S/C44H73N7O10S/c1-10-12-28-21-31(41(58)50-34(25(4)5)39-37(55)36(54)38(56)43(61-39)62-9)51(8,23-28)22-27-14-16-29(17-15-27)47-40(57)30(13-11-20-46-44(45)60)48-42(59)35(26(6)7)49-33(53)19-18-32(52)24(2)3/h14-17,24-26,28,30-31,34-39,43,54-56H,10-13,18-23H2,1-9H3,(H6-,45,46,47,48,49,50,53,57,58,59,60)/p+1/t28-,30+,31+,34-,35+,36+,37-,38-,39-,43-,51?/m1/s1. The number of aliphatic hydroxyl groups is 3. The summed E-state index contributed by atoms with van der Waals surface area (Å²) >= 11 is 1.23. The highest BCUT2D eigenvalue weighted by molar-refractivity contribution is 7.99. The summed E-state index contributed by atoms with van der Waals surface area (Å²) in [6, 6.07) is 3.52. The maximum Gasteiger partial charge on any atom is 0.312 e. The number of Topliss-reactive ketones (excluding diaryl/α,β-unsaturated/α-hetero) is 1. The van der Waals surface area contributed by atoms with Crippen LogP contribution in [-0.2, 0) is 35.3 Å². The largest absolute Gasteiger partial charge is 0.388 e. The van der Waals surface area contributed by atoms with Gasteiger partial charge in [0.05, 0.1) is 19.6 Å². The van der Waals surface area contributed by atoms with E-state index < -0.39 is 77.8 Å². The van der Waals surface area contributed by atoms with E-state index in [0.29, 0.717) is 35.5 Å². The molecule has 2 heterocycles. The second-order valence-electron chi connectivity index (χ2n) is 18.3. The molecule has 2 fully saturated rings. The van der Waals surface area contributed by atoms with Crippen molar-refractivity contribution in [3.63, 3.8) is 0 Å². The number of carbonyl (C=O) groups excluding carboxylic acids is 6. The van der Waals surface area contributed by atoms with E-state index in [1.165, 1.54) is 11.8 Å². The molecule has 2 aliphatic rings. The Hall–Kier alpha value is -3.81. The van der Waals surface area contributed by atoms with Crippen LogP contribution in [0.5, 0.6) is 0 Å². The number of anilines is 1. The van der Waals surface area contributed by atoms with Gasteiger partial charge in [0.2, 0.25) is 17.7 Å². The van der Waals surface area contributed by atoms with Crippen LogP contribution in [0.4, 0.5) is 10.5 Å². The van der Waals surface area contributed by atoms with Crippen molar-refractivity contribution in [3.8, 4) is 0 Å². The maximum atomic E-state index is 14.3. The average molecular weight is 893 g/mol. The summed E-state index contributed by atoms with van der Waals surface area (Å²) in [6.07, 6.45) is -0.227. The fourth-order valence-corrected chi connectivity index (χ4v) is 9.17. The highest BCUT2D eigenvalue weighted by atomic mass is 32.2. The van der Waals surface area contributed by atoms with Crippen LogP contribution in [0.2, 0.25) is 0 Å². The summed E-state index contributed by atoms with van der Waals surface area (Å²) in [6.45, 7) is 14.4. The Bertz CT molecular complexity index is 1660. The van der Waals surface area contributed by atoms with Gasteiger partial charge in [0.1, 0.15) is 54.3 Å². The summed E-state index contributed by atoms with van der Waals surface area (Å²) < 4.78 is 6.49. The Kier molecular flexibility index (Phi) is 20.6. The van der Waals surface area contributed by atoms with Crippen molar-refractivity contribution in [1.82, 2.24) is 21.3 Å². The third kappa shape index (κ3) is 14.9. The van der Waals surface area contributed by atoms with Crippen molar-refractivity contribution in [1.29, 1.82) is 0 Å². The van der Waals surface area contributed by atoms with Gasteiger partial charge in [-0.1, -0.05) is 67.0 Å². The number of likely N-dealkylation sites (N-methyl/N-ethyl adjacent to an activating group) is 1. The molecule has 0 bridgehead atoms. The number of primary amides is 1. The van der Waals surface area contributed by atoms with Crippen LogP contribution in [0.25, 0.3) is 0 Å². The molecule has 18 heteroatoms. The maximum absolute atomic E-state index is 14.3. The van der Waals surface area contributed by atoms with E-state index in [0.717, 1.165) is 24.9 Å². The fraction of sp³-hybridized carbons (Fsp3) is 0.727. The van der Waals surface area contributed by atoms with Gasteiger partial charge in [-0.3, -0.25) is 24.0 Å². The smallest absolute Gasteiger partial charge is 0.312 e. The average Bonchev–Trinajstić information content (AvgIpc) is 3.53. The first kappa shape index (κ1) is 52.5. The van der Waals surface area contributed by atoms with Gasteiger partial charge in [0, 0.05) is 48.9 Å². The molecule has 6 amide bonds. The van der Waals surface area contributed by atoms with E-state index in [2.05, 4.69) is 40.6 Å². The molecule has 62 heavy (non-hydrogen) atoms. The first-order valence-corrected chi connectivity index (χ1v) is 23.3. The molecule has 10 N–H and O–H groups in total. The van der Waals surface area contributed by atoms with Gasteiger partial charge in [-0.25, -0.2) is 4.79 Å². The molecular weight excluding hydrogens is 819 g/mol. The molecule has 0 spiro atoms. The van der Waals surface area contributed by atoms with E-state index >= 15 is 0 Å². The summed E-state index contributed by atoms with van der Waals surface area (Å²) in [5.41, 5.74) is 5.85. The Labute approximate surface area is 371 Å². The lowest BCUT2D eigenvalue weighted by Crippen LogP contribution is -2.65. The third-order valence-electron chi connectivity index (χ3n) is 12.1. The predicted octanol–water partition coefficient (Wildman–Crippen LogP) is 2.15. The number of amides is 6. The minimum atomic E-state index is -1.43. The van der Waals surface area contributed by atoms with Gasteiger partial charge in [-0.05, 0) is 49.5 Å². The lowest BCUT2D eigenvalue weighted by Gasteiger charge is -2.44. The van der Waals surface area contributed by atoms with Crippen LogP contribution < -0.4 is 32.3 Å². The first-order valence-electron chi connectivity index (χ1n) is 22.0. The van der Waals surface area contributed by atoms with Crippen molar-refractivity contribution in [2.24, 2.45) is 29.4 Å². The molecule has 2 saturated heterocycles. The number of nitrogens with one attached hydrogen (secondary N) is 5. The Balaban J connectivity index is 1.76. The lowest BCUT2D eigenvalue weighted by molar-refractivity contribution is -0.926. The second-order valence-corrected chi connectivity index (χ2v) is 19.2. The quantitative estimate of drug-likeness (QED) is 0.0568. The van der Waals surface area contributed by atoms with Crippen molar-refractivity contribution in [2.75, 3.05) is 31.7 Å². The van der Waals surface area contributed by atoms with Gasteiger partial charge in [0.15, 0.2) is 6.04 Å². The number of urea groups is 1. The predicted molar refractivity (Wildman–Crippen MR) is 238 cm³/mol. The van der Waals surface area contributed by atoms with Crippen LogP contribution in [-0.4, -0.2) is 136 Å². The number of nitrogens with two attached hydrogens (primary N) is 1. The zero-order valence-corrected chi connectivity index (χ0v) is 38.8. The van der Waals surface area contributed by atoms with E-state index in [-0.39, 0.29) is 55.3 Å². The van der Waals surface area contributed by atoms with Crippen molar-refractivity contribution in [2.45, 2.75) is 154 Å². The molecular formula is C44H74N7O10S+. The van der Waals surface area contributed by atoms with E-state index in [1.807, 2.05) is 26.0 Å². The molecule has 1 aromatic rings. The highest BCUT2D eigenvalue weighted by Gasteiger charge is 2.51. The fourth-order valence-electron chi connectivity index (χ4n) is 8.49. The molecule has 1 aromatic carbocycles. The van der Waals surface area contributed by atoms with Crippen LogP contribution >= 0.6 is 11.8 Å². The molecule has 3 rings (SSSR count). The Morgan fingerprint density at radius 3 is 2.11 bits per heavy atom. The molecule has 1 unspecified atom stereocenters. The van der Waals surface area contributed by atoms with Crippen molar-refractivity contribution in [3.05, 3.63) is 29.8 Å². The molecule has 0 radical (unpaired) electrons. The zero-order valence-electron chi connectivity index (χ0n) is 38.0. The number of hydrogen-bond acceptors (Lipinski definition) is 11. The normalized spacial score (nSPS) is 26.4. The van der Waals surface area contributed by atoms with Gasteiger partial charge < -0.3 is 56.9 Å². The van der Waals surface area contributed by atoms with Crippen LogP contribution in [0.15, 0.2) is 24.3 Å². The number of thioether (sulfide) groups is 1. The molecule has 0 saturated carbocycles. The number of carbonyl (C=O) groups is 6. The minimum Gasteiger partial charge on any atom is -0.388 e. The van der Waals surface area contributed by atoms with Crippen LogP contribution in [0.3, 0.4) is 0 Å². The molecule has 17 nitrogen and oxygen atoms in total. The number of benzene rings is 1. The molecule has 0 aliphatic carbocycles. The molecule has 2 aliphatic heterocycles. The summed E-state index contributed by atoms with van der Waals surface area (Å²) in [5.74, 6) is -2.15. The number of ether oxygens (including phenoxy) is 1. The minimum absolute atomic E-state index is 0.0548.